The molecular weight excluding hydrogens is 485 g/mol. The summed E-state index contributed by atoms with van der Waals surface area (Å²) in [6.07, 6.45) is 1.44. The monoisotopic (exact) mass is 505 g/mol. The number of sulfonamides is 1. The van der Waals surface area contributed by atoms with Crippen LogP contribution < -0.4 is 10.2 Å². The summed E-state index contributed by atoms with van der Waals surface area (Å²) in [6, 6.07) is 19.6. The van der Waals surface area contributed by atoms with Crippen LogP contribution in [-0.4, -0.2) is 38.5 Å². The Morgan fingerprint density at radius 3 is 2.30 bits per heavy atom. The predicted octanol–water partition coefficient (Wildman–Crippen LogP) is 4.34. The van der Waals surface area contributed by atoms with E-state index < -0.39 is 22.5 Å². The van der Waals surface area contributed by atoms with E-state index in [2.05, 4.69) is 10.5 Å². The van der Waals surface area contributed by atoms with Gasteiger partial charge >= 0.3 is 0 Å². The van der Waals surface area contributed by atoms with E-state index >= 15 is 0 Å². The molecule has 0 aromatic heterocycles. The fourth-order valence-corrected chi connectivity index (χ4v) is 4.51. The highest BCUT2D eigenvalue weighted by atomic mass is 35.5. The standard InChI is InChI=1S/C23H21Cl2N3O4S/c1-32-21-4-2-3-18(13-21)14-26-27-23(29)16-28(15-17-5-7-19(24)8-6-17)33(30,31)22-11-9-20(25)10-12-22/h2-14H,15-16H2,1H3,(H,27,29)/b26-14-. The van der Waals surface area contributed by atoms with Crippen LogP contribution in [0.2, 0.25) is 10.0 Å². The van der Waals surface area contributed by atoms with E-state index in [1.165, 1.54) is 30.5 Å². The van der Waals surface area contributed by atoms with Crippen molar-refractivity contribution in [3.05, 3.63) is 94.0 Å². The van der Waals surface area contributed by atoms with E-state index in [0.717, 1.165) is 4.31 Å². The summed E-state index contributed by atoms with van der Waals surface area (Å²) in [6.45, 7) is -0.474. The van der Waals surface area contributed by atoms with Crippen LogP contribution in [0.5, 0.6) is 5.75 Å². The van der Waals surface area contributed by atoms with Crippen molar-refractivity contribution in [1.29, 1.82) is 0 Å². The first-order chi connectivity index (χ1) is 15.8. The van der Waals surface area contributed by atoms with Gasteiger partial charge in [0.1, 0.15) is 5.75 Å². The molecule has 0 bridgehead atoms. The lowest BCUT2D eigenvalue weighted by Gasteiger charge is -2.21. The average molecular weight is 506 g/mol. The maximum Gasteiger partial charge on any atom is 0.255 e. The summed E-state index contributed by atoms with van der Waals surface area (Å²) in [5.41, 5.74) is 3.75. The Balaban J connectivity index is 1.78. The molecule has 0 saturated carbocycles. The van der Waals surface area contributed by atoms with Gasteiger partial charge in [-0.3, -0.25) is 4.79 Å². The molecule has 0 aliphatic heterocycles. The molecule has 0 heterocycles. The van der Waals surface area contributed by atoms with Crippen molar-refractivity contribution in [2.24, 2.45) is 5.10 Å². The third-order valence-electron chi connectivity index (χ3n) is 4.54. The molecule has 0 radical (unpaired) electrons. The molecule has 0 spiro atoms. The van der Waals surface area contributed by atoms with Gasteiger partial charge in [0.25, 0.3) is 5.91 Å². The number of nitrogens with one attached hydrogen (secondary N) is 1. The second kappa shape index (κ2) is 11.3. The molecule has 0 unspecified atom stereocenters. The van der Waals surface area contributed by atoms with Crippen molar-refractivity contribution < 1.29 is 17.9 Å². The Kier molecular flexibility index (Phi) is 8.46. The van der Waals surface area contributed by atoms with E-state index in [1.54, 1.807) is 55.6 Å². The van der Waals surface area contributed by atoms with Gasteiger partial charge < -0.3 is 4.74 Å². The molecule has 3 aromatic rings. The number of carbonyl (C=O) groups excluding carboxylic acids is 1. The second-order valence-corrected chi connectivity index (χ2v) is 9.73. The largest absolute Gasteiger partial charge is 0.497 e. The van der Waals surface area contributed by atoms with Crippen molar-refractivity contribution in [3.63, 3.8) is 0 Å². The molecule has 3 rings (SSSR count). The van der Waals surface area contributed by atoms with E-state index in [-0.39, 0.29) is 11.4 Å². The van der Waals surface area contributed by atoms with E-state index in [0.29, 0.717) is 26.9 Å². The third-order valence-corrected chi connectivity index (χ3v) is 6.85. The van der Waals surface area contributed by atoms with Gasteiger partial charge in [0.15, 0.2) is 0 Å². The third kappa shape index (κ3) is 7.03. The van der Waals surface area contributed by atoms with Gasteiger partial charge in [-0.05, 0) is 59.7 Å². The number of rotatable bonds is 9. The lowest BCUT2D eigenvalue weighted by atomic mass is 10.2. The number of halogens is 2. The maximum atomic E-state index is 13.2. The van der Waals surface area contributed by atoms with Gasteiger partial charge in [0, 0.05) is 16.6 Å². The number of carbonyl (C=O) groups is 1. The molecule has 0 aliphatic carbocycles. The lowest BCUT2D eigenvalue weighted by Crippen LogP contribution is -2.39. The van der Waals surface area contributed by atoms with Gasteiger partial charge in [0.2, 0.25) is 10.0 Å². The number of methoxy groups -OCH3 is 1. The van der Waals surface area contributed by atoms with Crippen molar-refractivity contribution >= 4 is 45.3 Å². The molecule has 3 aromatic carbocycles. The van der Waals surface area contributed by atoms with Crippen LogP contribution in [0.25, 0.3) is 0 Å². The Morgan fingerprint density at radius 2 is 1.67 bits per heavy atom. The molecular formula is C23H21Cl2N3O4S. The van der Waals surface area contributed by atoms with Gasteiger partial charge in [0.05, 0.1) is 24.8 Å². The highest BCUT2D eigenvalue weighted by molar-refractivity contribution is 7.89. The number of hydrogen-bond donors (Lipinski definition) is 1. The first kappa shape index (κ1) is 24.7. The highest BCUT2D eigenvalue weighted by Gasteiger charge is 2.27. The fraction of sp³-hybridized carbons (Fsp3) is 0.130. The van der Waals surface area contributed by atoms with E-state index in [1.807, 2.05) is 0 Å². The average Bonchev–Trinajstić information content (AvgIpc) is 2.80. The number of hydrogen-bond acceptors (Lipinski definition) is 5. The number of nitrogens with zero attached hydrogens (tertiary/aromatic N) is 2. The molecule has 33 heavy (non-hydrogen) atoms. The van der Waals surface area contributed by atoms with Gasteiger partial charge in [-0.25, -0.2) is 13.8 Å². The summed E-state index contributed by atoms with van der Waals surface area (Å²) in [4.78, 5) is 12.6. The van der Waals surface area contributed by atoms with E-state index in [4.69, 9.17) is 27.9 Å². The molecule has 0 fully saturated rings. The first-order valence-electron chi connectivity index (χ1n) is 9.74. The zero-order chi connectivity index (χ0) is 23.8. The zero-order valence-electron chi connectivity index (χ0n) is 17.6. The van der Waals surface area contributed by atoms with Crippen molar-refractivity contribution in [1.82, 2.24) is 9.73 Å². The minimum absolute atomic E-state index is 0.0218. The van der Waals surface area contributed by atoms with E-state index in [9.17, 15) is 13.2 Å². The Morgan fingerprint density at radius 1 is 1.03 bits per heavy atom. The SMILES string of the molecule is COc1cccc(/C=N\NC(=O)CN(Cc2ccc(Cl)cc2)S(=O)(=O)c2ccc(Cl)cc2)c1. The van der Waals surface area contributed by atoms with Crippen molar-refractivity contribution in [3.8, 4) is 5.75 Å². The highest BCUT2D eigenvalue weighted by Crippen LogP contribution is 2.21. The molecule has 0 saturated heterocycles. The van der Waals surface area contributed by atoms with Crippen LogP contribution in [0, 0.1) is 0 Å². The van der Waals surface area contributed by atoms with Gasteiger partial charge in [-0.15, -0.1) is 0 Å². The van der Waals surface area contributed by atoms with Crippen molar-refractivity contribution in [2.45, 2.75) is 11.4 Å². The van der Waals surface area contributed by atoms with Crippen LogP contribution in [-0.2, 0) is 21.4 Å². The van der Waals surface area contributed by atoms with Crippen molar-refractivity contribution in [2.75, 3.05) is 13.7 Å². The summed E-state index contributed by atoms with van der Waals surface area (Å²) in [5.74, 6) is 0.0501. The quantitative estimate of drug-likeness (QED) is 0.346. The normalized spacial score (nSPS) is 11.6. The minimum Gasteiger partial charge on any atom is -0.497 e. The summed E-state index contributed by atoms with van der Waals surface area (Å²) < 4.78 is 32.7. The zero-order valence-corrected chi connectivity index (χ0v) is 19.9. The number of ether oxygens (including phenoxy) is 1. The topological polar surface area (TPSA) is 88.1 Å². The van der Waals surface area contributed by atoms with Crippen LogP contribution >= 0.6 is 23.2 Å². The van der Waals surface area contributed by atoms with Gasteiger partial charge in [-0.1, -0.05) is 47.5 Å². The summed E-state index contributed by atoms with van der Waals surface area (Å²) in [5, 5.41) is 4.85. The van der Waals surface area contributed by atoms with Crippen LogP contribution in [0.3, 0.4) is 0 Å². The number of benzene rings is 3. The molecule has 1 N–H and O–H groups in total. The molecule has 172 valence electrons. The summed E-state index contributed by atoms with van der Waals surface area (Å²) in [7, 11) is -2.44. The lowest BCUT2D eigenvalue weighted by molar-refractivity contribution is -0.121. The smallest absolute Gasteiger partial charge is 0.255 e. The molecule has 7 nitrogen and oxygen atoms in total. The van der Waals surface area contributed by atoms with Gasteiger partial charge in [-0.2, -0.15) is 9.41 Å². The van der Waals surface area contributed by atoms with Crippen LogP contribution in [0.1, 0.15) is 11.1 Å². The number of hydrazone groups is 1. The molecule has 1 amide bonds. The first-order valence-corrected chi connectivity index (χ1v) is 11.9. The van der Waals surface area contributed by atoms with Crippen LogP contribution in [0.4, 0.5) is 0 Å². The molecule has 0 aliphatic rings. The van der Waals surface area contributed by atoms with Crippen LogP contribution in [0.15, 0.2) is 82.8 Å². The second-order valence-electron chi connectivity index (χ2n) is 6.92. The summed E-state index contributed by atoms with van der Waals surface area (Å²) >= 11 is 11.8. The maximum absolute atomic E-state index is 13.2. The Bertz CT molecular complexity index is 1230. The minimum atomic E-state index is -3.99. The predicted molar refractivity (Wildman–Crippen MR) is 129 cm³/mol. The molecule has 0 atom stereocenters. The fourth-order valence-electron chi connectivity index (χ4n) is 2.87. The Labute approximate surface area is 202 Å². The number of amides is 1. The molecule has 10 heteroatoms. The Hall–Kier alpha value is -2.91.